The largest absolute Gasteiger partial charge is 0.417 e. The molecular weight excluding hydrogens is 267 g/mol. The highest BCUT2D eigenvalue weighted by Gasteiger charge is 2.31. The summed E-state index contributed by atoms with van der Waals surface area (Å²) in [5.41, 5.74) is -0.695. The molecule has 1 aliphatic heterocycles. The maximum Gasteiger partial charge on any atom is 0.417 e. The Morgan fingerprint density at radius 3 is 2.80 bits per heavy atom. The molecule has 20 heavy (non-hydrogen) atoms. The Kier molecular flexibility index (Phi) is 4.86. The first-order valence-electron chi connectivity index (χ1n) is 7.02. The predicted octanol–water partition coefficient (Wildman–Crippen LogP) is 3.07. The van der Waals surface area contributed by atoms with Gasteiger partial charge in [-0.15, -0.1) is 0 Å². The second-order valence-electron chi connectivity index (χ2n) is 5.14. The summed E-state index contributed by atoms with van der Waals surface area (Å²) in [6.45, 7) is 4.74. The van der Waals surface area contributed by atoms with Gasteiger partial charge in [0, 0.05) is 25.3 Å². The van der Waals surface area contributed by atoms with Gasteiger partial charge in [-0.25, -0.2) is 4.98 Å². The van der Waals surface area contributed by atoms with Crippen LogP contribution in [-0.4, -0.2) is 30.7 Å². The van der Waals surface area contributed by atoms with Crippen LogP contribution in [0.2, 0.25) is 0 Å². The predicted molar refractivity (Wildman–Crippen MR) is 72.8 cm³/mol. The summed E-state index contributed by atoms with van der Waals surface area (Å²) in [6.07, 6.45) is -0.187. The molecule has 1 fully saturated rings. The van der Waals surface area contributed by atoms with Crippen LogP contribution in [0, 0.1) is 0 Å². The van der Waals surface area contributed by atoms with E-state index in [-0.39, 0.29) is 0 Å². The Labute approximate surface area is 117 Å². The number of aromatic nitrogens is 1. The summed E-state index contributed by atoms with van der Waals surface area (Å²) in [5.74, 6) is 0.626. The summed E-state index contributed by atoms with van der Waals surface area (Å²) in [6, 6.07) is 2.96. The van der Waals surface area contributed by atoms with Crippen LogP contribution in [0.1, 0.15) is 31.7 Å². The van der Waals surface area contributed by atoms with Gasteiger partial charge in [0.15, 0.2) is 0 Å². The molecule has 3 nitrogen and oxygen atoms in total. The van der Waals surface area contributed by atoms with Gasteiger partial charge < -0.3 is 10.2 Å². The van der Waals surface area contributed by atoms with Crippen molar-refractivity contribution in [1.82, 2.24) is 10.3 Å². The third-order valence-corrected chi connectivity index (χ3v) is 3.50. The van der Waals surface area contributed by atoms with Crippen molar-refractivity contribution in [3.8, 4) is 0 Å². The first-order valence-corrected chi connectivity index (χ1v) is 7.02. The minimum atomic E-state index is -4.32. The van der Waals surface area contributed by atoms with E-state index in [2.05, 4.69) is 22.1 Å². The van der Waals surface area contributed by atoms with Crippen molar-refractivity contribution in [2.75, 3.05) is 24.5 Å². The summed E-state index contributed by atoms with van der Waals surface area (Å²) in [5, 5.41) is 3.46. The van der Waals surface area contributed by atoms with E-state index in [9.17, 15) is 13.2 Å². The summed E-state index contributed by atoms with van der Waals surface area (Å²) >= 11 is 0. The first kappa shape index (κ1) is 15.1. The van der Waals surface area contributed by atoms with Crippen molar-refractivity contribution < 1.29 is 13.2 Å². The minimum absolute atomic E-state index is 0.396. The topological polar surface area (TPSA) is 28.2 Å². The second kappa shape index (κ2) is 6.43. The molecule has 0 spiro atoms. The molecule has 112 valence electrons. The Hall–Kier alpha value is -1.30. The van der Waals surface area contributed by atoms with Crippen LogP contribution in [0.15, 0.2) is 18.3 Å². The lowest BCUT2D eigenvalue weighted by Gasteiger charge is -2.34. The average Bonchev–Trinajstić information content (AvgIpc) is 2.45. The van der Waals surface area contributed by atoms with E-state index in [1.165, 1.54) is 6.07 Å². The van der Waals surface area contributed by atoms with Crippen molar-refractivity contribution in [3.63, 3.8) is 0 Å². The molecular formula is C14H20F3N3. The summed E-state index contributed by atoms with van der Waals surface area (Å²) in [7, 11) is 0. The Morgan fingerprint density at radius 2 is 2.20 bits per heavy atom. The molecule has 2 rings (SSSR count). The highest BCUT2D eigenvalue weighted by molar-refractivity contribution is 5.40. The maximum atomic E-state index is 12.5. The lowest BCUT2D eigenvalue weighted by atomic mass is 10.1. The molecule has 0 saturated carbocycles. The van der Waals surface area contributed by atoms with E-state index in [4.69, 9.17) is 0 Å². The van der Waals surface area contributed by atoms with Crippen LogP contribution in [0.3, 0.4) is 0 Å². The molecule has 6 heteroatoms. The average molecular weight is 287 g/mol. The fourth-order valence-corrected chi connectivity index (χ4v) is 2.44. The zero-order chi connectivity index (χ0) is 14.6. The molecule has 1 aliphatic rings. The van der Waals surface area contributed by atoms with E-state index in [0.717, 1.165) is 51.2 Å². The van der Waals surface area contributed by atoms with E-state index < -0.39 is 11.7 Å². The molecule has 0 radical (unpaired) electrons. The smallest absolute Gasteiger partial charge is 0.355 e. The number of alkyl halides is 3. The minimum Gasteiger partial charge on any atom is -0.355 e. The highest BCUT2D eigenvalue weighted by Crippen LogP contribution is 2.29. The third-order valence-electron chi connectivity index (χ3n) is 3.50. The van der Waals surface area contributed by atoms with Gasteiger partial charge in [-0.3, -0.25) is 0 Å². The van der Waals surface area contributed by atoms with Gasteiger partial charge in [0.1, 0.15) is 5.82 Å². The lowest BCUT2D eigenvalue weighted by molar-refractivity contribution is -0.137. The van der Waals surface area contributed by atoms with E-state index in [0.29, 0.717) is 11.9 Å². The molecule has 1 saturated heterocycles. The molecule has 0 amide bonds. The Morgan fingerprint density at radius 1 is 1.40 bits per heavy atom. The summed E-state index contributed by atoms with van der Waals surface area (Å²) < 4.78 is 37.5. The first-order chi connectivity index (χ1) is 9.50. The standard InChI is InChI=1S/C14H20F3N3/c1-2-7-18-12-4-3-8-20(10-12)13-6-5-11(9-19-13)14(15,16)17/h5-6,9,12,18H,2-4,7-8,10H2,1H3. The van der Waals surface area contributed by atoms with E-state index in [1.54, 1.807) is 0 Å². The molecule has 1 aromatic rings. The molecule has 2 heterocycles. The molecule has 1 unspecified atom stereocenters. The number of nitrogens with zero attached hydrogens (tertiary/aromatic N) is 2. The zero-order valence-electron chi connectivity index (χ0n) is 11.6. The lowest BCUT2D eigenvalue weighted by Crippen LogP contribution is -2.46. The van der Waals surface area contributed by atoms with Gasteiger partial charge in [0.05, 0.1) is 5.56 Å². The van der Waals surface area contributed by atoms with Crippen LogP contribution in [0.25, 0.3) is 0 Å². The molecule has 1 aromatic heterocycles. The maximum absolute atomic E-state index is 12.5. The van der Waals surface area contributed by atoms with Crippen LogP contribution >= 0.6 is 0 Å². The van der Waals surface area contributed by atoms with Crippen LogP contribution in [-0.2, 0) is 6.18 Å². The van der Waals surface area contributed by atoms with E-state index in [1.807, 2.05) is 0 Å². The van der Waals surface area contributed by atoms with Crippen molar-refractivity contribution >= 4 is 5.82 Å². The van der Waals surface area contributed by atoms with Crippen LogP contribution in [0.4, 0.5) is 19.0 Å². The number of nitrogens with one attached hydrogen (secondary N) is 1. The number of hydrogen-bond donors (Lipinski definition) is 1. The molecule has 1 N–H and O–H groups in total. The van der Waals surface area contributed by atoms with Gasteiger partial charge in [-0.1, -0.05) is 6.92 Å². The SMILES string of the molecule is CCCNC1CCCN(c2ccc(C(F)(F)F)cn2)C1. The normalized spacial score (nSPS) is 20.2. The van der Waals surface area contributed by atoms with Gasteiger partial charge in [-0.05, 0) is 37.9 Å². The number of pyridine rings is 1. The van der Waals surface area contributed by atoms with Crippen LogP contribution < -0.4 is 10.2 Å². The number of anilines is 1. The van der Waals surface area contributed by atoms with Crippen molar-refractivity contribution in [1.29, 1.82) is 0 Å². The van der Waals surface area contributed by atoms with Gasteiger partial charge in [0.2, 0.25) is 0 Å². The quantitative estimate of drug-likeness (QED) is 0.922. The third kappa shape index (κ3) is 3.85. The second-order valence-corrected chi connectivity index (χ2v) is 5.14. The number of piperidine rings is 1. The fraction of sp³-hybridized carbons (Fsp3) is 0.643. The van der Waals surface area contributed by atoms with E-state index >= 15 is 0 Å². The van der Waals surface area contributed by atoms with Crippen LogP contribution in [0.5, 0.6) is 0 Å². The Bertz CT molecular complexity index is 417. The van der Waals surface area contributed by atoms with Gasteiger partial charge in [-0.2, -0.15) is 13.2 Å². The molecule has 1 atom stereocenters. The molecule has 0 aromatic carbocycles. The fourth-order valence-electron chi connectivity index (χ4n) is 2.44. The highest BCUT2D eigenvalue weighted by atomic mass is 19.4. The number of halogens is 3. The Balaban J connectivity index is 2.00. The van der Waals surface area contributed by atoms with Crippen molar-refractivity contribution in [2.24, 2.45) is 0 Å². The molecule has 0 bridgehead atoms. The number of rotatable bonds is 4. The van der Waals surface area contributed by atoms with Crippen molar-refractivity contribution in [3.05, 3.63) is 23.9 Å². The van der Waals surface area contributed by atoms with Gasteiger partial charge >= 0.3 is 6.18 Å². The monoisotopic (exact) mass is 287 g/mol. The summed E-state index contributed by atoms with van der Waals surface area (Å²) in [4.78, 5) is 6.01. The number of hydrogen-bond acceptors (Lipinski definition) is 3. The molecule has 0 aliphatic carbocycles. The van der Waals surface area contributed by atoms with Crippen molar-refractivity contribution in [2.45, 2.75) is 38.4 Å². The zero-order valence-corrected chi connectivity index (χ0v) is 11.6. The van der Waals surface area contributed by atoms with Gasteiger partial charge in [0.25, 0.3) is 0 Å².